The molecular formula is C15H19BrFN3. The summed E-state index contributed by atoms with van der Waals surface area (Å²) in [6.45, 7) is 8.93. The zero-order valence-electron chi connectivity index (χ0n) is 12.2. The summed E-state index contributed by atoms with van der Waals surface area (Å²) in [4.78, 5) is 0. The third kappa shape index (κ3) is 3.67. The fourth-order valence-electron chi connectivity index (χ4n) is 1.83. The highest BCUT2D eigenvalue weighted by Gasteiger charge is 2.11. The van der Waals surface area contributed by atoms with Gasteiger partial charge in [0.1, 0.15) is 5.82 Å². The Hall–Kier alpha value is -1.20. The van der Waals surface area contributed by atoms with Crippen LogP contribution in [0.4, 0.5) is 4.39 Å². The minimum absolute atomic E-state index is 0.0542. The topological polar surface area (TPSA) is 29.9 Å². The first-order valence-corrected chi connectivity index (χ1v) is 7.31. The van der Waals surface area contributed by atoms with Crippen LogP contribution in [0, 0.1) is 12.7 Å². The van der Waals surface area contributed by atoms with Crippen LogP contribution in [0.25, 0.3) is 5.69 Å². The number of nitrogens with zero attached hydrogens (tertiary/aromatic N) is 2. The quantitative estimate of drug-likeness (QED) is 0.916. The van der Waals surface area contributed by atoms with Crippen LogP contribution in [0.1, 0.15) is 32.0 Å². The van der Waals surface area contributed by atoms with Gasteiger partial charge in [-0.15, -0.1) is 0 Å². The molecule has 3 nitrogen and oxygen atoms in total. The molecule has 2 aromatic rings. The van der Waals surface area contributed by atoms with E-state index >= 15 is 0 Å². The Morgan fingerprint density at radius 3 is 2.70 bits per heavy atom. The highest BCUT2D eigenvalue weighted by molar-refractivity contribution is 9.10. The standard InChI is InChI=1S/C15H19BrFN3/c1-10-7-13(17)12(16)8-14(10)20-6-5-11(19-20)9-18-15(2,3)4/h5-8,18H,9H2,1-4H3. The Morgan fingerprint density at radius 2 is 2.05 bits per heavy atom. The SMILES string of the molecule is Cc1cc(F)c(Br)cc1-n1ccc(CNC(C)(C)C)n1. The van der Waals surface area contributed by atoms with Crippen molar-refractivity contribution in [3.63, 3.8) is 0 Å². The maximum absolute atomic E-state index is 13.4. The molecule has 20 heavy (non-hydrogen) atoms. The van der Waals surface area contributed by atoms with Gasteiger partial charge >= 0.3 is 0 Å². The highest BCUT2D eigenvalue weighted by Crippen LogP contribution is 2.23. The first kappa shape index (κ1) is 15.2. The number of aryl methyl sites for hydroxylation is 1. The second kappa shape index (κ2) is 5.66. The van der Waals surface area contributed by atoms with E-state index in [1.807, 2.05) is 19.2 Å². The number of hydrogen-bond acceptors (Lipinski definition) is 2. The zero-order valence-corrected chi connectivity index (χ0v) is 13.8. The molecule has 0 bridgehead atoms. The molecule has 5 heteroatoms. The Labute approximate surface area is 127 Å². The molecule has 2 rings (SSSR count). The average Bonchev–Trinajstić information content (AvgIpc) is 2.79. The summed E-state index contributed by atoms with van der Waals surface area (Å²) in [5, 5.41) is 7.92. The summed E-state index contributed by atoms with van der Waals surface area (Å²) in [6, 6.07) is 5.22. The summed E-state index contributed by atoms with van der Waals surface area (Å²) >= 11 is 3.21. The molecule has 0 saturated heterocycles. The molecule has 0 spiro atoms. The Morgan fingerprint density at radius 1 is 1.35 bits per heavy atom. The van der Waals surface area contributed by atoms with Crippen molar-refractivity contribution in [2.45, 2.75) is 39.8 Å². The lowest BCUT2D eigenvalue weighted by atomic mass is 10.1. The fourth-order valence-corrected chi connectivity index (χ4v) is 2.16. The molecule has 1 heterocycles. The number of halogens is 2. The van der Waals surface area contributed by atoms with E-state index in [1.165, 1.54) is 6.07 Å². The predicted molar refractivity (Wildman–Crippen MR) is 82.6 cm³/mol. The summed E-state index contributed by atoms with van der Waals surface area (Å²) in [5.41, 5.74) is 2.74. The van der Waals surface area contributed by atoms with Crippen LogP contribution in [-0.4, -0.2) is 15.3 Å². The molecule has 1 aromatic heterocycles. The Kier molecular flexibility index (Phi) is 4.30. The van der Waals surface area contributed by atoms with Crippen LogP contribution in [0.3, 0.4) is 0 Å². The van der Waals surface area contributed by atoms with Crippen LogP contribution >= 0.6 is 15.9 Å². The lowest BCUT2D eigenvalue weighted by molar-refractivity contribution is 0.420. The fraction of sp³-hybridized carbons (Fsp3) is 0.400. The third-order valence-corrected chi connectivity index (χ3v) is 3.54. The van der Waals surface area contributed by atoms with E-state index in [1.54, 1.807) is 10.7 Å². The molecule has 1 N–H and O–H groups in total. The first-order valence-electron chi connectivity index (χ1n) is 6.52. The predicted octanol–water partition coefficient (Wildman–Crippen LogP) is 3.97. The molecule has 0 aliphatic carbocycles. The van der Waals surface area contributed by atoms with Gasteiger partial charge in [0.2, 0.25) is 0 Å². The van der Waals surface area contributed by atoms with Crippen molar-refractivity contribution in [1.82, 2.24) is 15.1 Å². The van der Waals surface area contributed by atoms with Crippen molar-refractivity contribution >= 4 is 15.9 Å². The van der Waals surface area contributed by atoms with E-state index in [9.17, 15) is 4.39 Å². The maximum Gasteiger partial charge on any atom is 0.137 e. The van der Waals surface area contributed by atoms with Crippen LogP contribution in [-0.2, 0) is 6.54 Å². The minimum atomic E-state index is -0.256. The summed E-state index contributed by atoms with van der Waals surface area (Å²) in [6.07, 6.45) is 1.90. The molecule has 0 amide bonds. The average molecular weight is 340 g/mol. The number of benzene rings is 1. The Bertz CT molecular complexity index is 614. The van der Waals surface area contributed by atoms with Gasteiger partial charge in [-0.1, -0.05) is 0 Å². The molecular weight excluding hydrogens is 321 g/mol. The monoisotopic (exact) mass is 339 g/mol. The summed E-state index contributed by atoms with van der Waals surface area (Å²) < 4.78 is 15.7. The second-order valence-electron chi connectivity index (χ2n) is 5.91. The number of aromatic nitrogens is 2. The zero-order chi connectivity index (χ0) is 14.9. The molecule has 1 aromatic carbocycles. The number of rotatable bonds is 3. The minimum Gasteiger partial charge on any atom is -0.306 e. The van der Waals surface area contributed by atoms with Gasteiger partial charge < -0.3 is 5.32 Å². The molecule has 0 aliphatic rings. The van der Waals surface area contributed by atoms with Crippen molar-refractivity contribution in [2.24, 2.45) is 0 Å². The van der Waals surface area contributed by atoms with Gasteiger partial charge in [0.25, 0.3) is 0 Å². The van der Waals surface area contributed by atoms with Gasteiger partial charge in [0.05, 0.1) is 15.9 Å². The van der Waals surface area contributed by atoms with E-state index in [2.05, 4.69) is 47.1 Å². The van der Waals surface area contributed by atoms with Gasteiger partial charge in [0, 0.05) is 18.3 Å². The Balaban J connectivity index is 2.23. The first-order chi connectivity index (χ1) is 9.26. The van der Waals surface area contributed by atoms with Gasteiger partial charge in [-0.05, 0) is 67.4 Å². The summed E-state index contributed by atoms with van der Waals surface area (Å²) in [5.74, 6) is -0.256. The highest BCUT2D eigenvalue weighted by atomic mass is 79.9. The van der Waals surface area contributed by atoms with E-state index in [0.717, 1.165) is 16.9 Å². The second-order valence-corrected chi connectivity index (χ2v) is 6.76. The lowest BCUT2D eigenvalue weighted by Crippen LogP contribution is -2.35. The molecule has 0 unspecified atom stereocenters. The largest absolute Gasteiger partial charge is 0.306 e. The van der Waals surface area contributed by atoms with Crippen LogP contribution < -0.4 is 5.32 Å². The van der Waals surface area contributed by atoms with Crippen LogP contribution in [0.2, 0.25) is 0 Å². The smallest absolute Gasteiger partial charge is 0.137 e. The van der Waals surface area contributed by atoms with Crippen molar-refractivity contribution in [2.75, 3.05) is 0 Å². The van der Waals surface area contributed by atoms with Crippen LogP contribution in [0.5, 0.6) is 0 Å². The summed E-state index contributed by atoms with van der Waals surface area (Å²) in [7, 11) is 0. The molecule has 0 saturated carbocycles. The lowest BCUT2D eigenvalue weighted by Gasteiger charge is -2.19. The van der Waals surface area contributed by atoms with Gasteiger partial charge in [-0.25, -0.2) is 9.07 Å². The number of nitrogens with one attached hydrogen (secondary N) is 1. The normalized spacial score (nSPS) is 11.9. The van der Waals surface area contributed by atoms with E-state index < -0.39 is 0 Å². The molecule has 0 fully saturated rings. The van der Waals surface area contributed by atoms with Gasteiger partial charge in [-0.2, -0.15) is 5.10 Å². The molecule has 0 atom stereocenters. The van der Waals surface area contributed by atoms with Crippen molar-refractivity contribution < 1.29 is 4.39 Å². The van der Waals surface area contributed by atoms with Crippen molar-refractivity contribution in [3.05, 3.63) is 45.9 Å². The maximum atomic E-state index is 13.4. The van der Waals surface area contributed by atoms with Crippen molar-refractivity contribution in [3.8, 4) is 5.69 Å². The third-order valence-electron chi connectivity index (χ3n) is 2.93. The van der Waals surface area contributed by atoms with Gasteiger partial charge in [-0.3, -0.25) is 0 Å². The van der Waals surface area contributed by atoms with E-state index in [4.69, 9.17) is 0 Å². The molecule has 0 aliphatic heterocycles. The number of hydrogen-bond donors (Lipinski definition) is 1. The van der Waals surface area contributed by atoms with E-state index in [0.29, 0.717) is 11.0 Å². The molecule has 108 valence electrons. The molecule has 0 radical (unpaired) electrons. The van der Waals surface area contributed by atoms with Crippen LogP contribution in [0.15, 0.2) is 28.9 Å². The van der Waals surface area contributed by atoms with Gasteiger partial charge in [0.15, 0.2) is 0 Å². The van der Waals surface area contributed by atoms with Crippen molar-refractivity contribution in [1.29, 1.82) is 0 Å². The van der Waals surface area contributed by atoms with E-state index in [-0.39, 0.29) is 11.4 Å².